The van der Waals surface area contributed by atoms with Crippen molar-refractivity contribution in [1.29, 1.82) is 0 Å². The van der Waals surface area contributed by atoms with E-state index in [2.05, 4.69) is 49.0 Å². The molecule has 0 fully saturated rings. The first kappa shape index (κ1) is 33.0. The zero-order valence-electron chi connectivity index (χ0n) is 22.5. The number of carbonyl (C=O) groups is 1. The fourth-order valence-corrected chi connectivity index (χ4v) is 5.92. The Morgan fingerprint density at radius 2 is 1.61 bits per heavy atom. The van der Waals surface area contributed by atoms with Crippen molar-refractivity contribution in [2.75, 3.05) is 18.1 Å². The Labute approximate surface area is 223 Å². The summed E-state index contributed by atoms with van der Waals surface area (Å²) < 4.78 is 22.3. The number of aliphatic carboxylic acids is 1. The second kappa shape index (κ2) is 20.0. The van der Waals surface area contributed by atoms with E-state index >= 15 is 0 Å². The van der Waals surface area contributed by atoms with Crippen LogP contribution in [0, 0.1) is 0 Å². The summed E-state index contributed by atoms with van der Waals surface area (Å²) in [6.45, 7) is 5.84. The van der Waals surface area contributed by atoms with Gasteiger partial charge >= 0.3 is 19.5 Å². The largest absolute Gasteiger partial charge is 0.586 e. The Hall–Kier alpha value is -0.980. The maximum Gasteiger partial charge on any atom is 0.586 e. The van der Waals surface area contributed by atoms with Crippen molar-refractivity contribution in [3.63, 3.8) is 0 Å². The maximum absolute atomic E-state index is 11.7. The summed E-state index contributed by atoms with van der Waals surface area (Å²) in [4.78, 5) is 21.1. The summed E-state index contributed by atoms with van der Waals surface area (Å²) in [5, 5.41) is 9.43. The molecule has 4 atom stereocenters. The van der Waals surface area contributed by atoms with Crippen LogP contribution in [0.5, 0.6) is 0 Å². The van der Waals surface area contributed by atoms with Gasteiger partial charge < -0.3 is 5.11 Å². The molecule has 0 saturated heterocycles. The van der Waals surface area contributed by atoms with E-state index in [-0.39, 0.29) is 6.61 Å². The van der Waals surface area contributed by atoms with E-state index in [9.17, 15) is 19.4 Å². The number of hydrogen-bond acceptors (Lipinski definition) is 5. The highest BCUT2D eigenvalue weighted by Gasteiger charge is 2.62. The van der Waals surface area contributed by atoms with Gasteiger partial charge in [0.05, 0.1) is 12.7 Å². The predicted molar refractivity (Wildman–Crippen MR) is 150 cm³/mol. The Morgan fingerprint density at radius 1 is 0.944 bits per heavy atom. The molecule has 4 unspecified atom stereocenters. The predicted octanol–water partition coefficient (Wildman–Crippen LogP) is 8.12. The summed E-state index contributed by atoms with van der Waals surface area (Å²) in [5.74, 6) is 1.57. The number of thioether (sulfide) groups is 1. The molecular formula is C28H48O6PS+. The van der Waals surface area contributed by atoms with Gasteiger partial charge in [-0.3, -0.25) is 9.47 Å². The Balaban J connectivity index is 2.15. The minimum Gasteiger partial charge on any atom is -0.474 e. The molecule has 0 aliphatic heterocycles. The molecule has 0 aliphatic carbocycles. The van der Waals surface area contributed by atoms with Gasteiger partial charge in [-0.25, -0.2) is 4.79 Å². The number of hydrogen-bond donors (Lipinski definition) is 2. The SMILES string of the molecule is CCCCC(CCSCCCCCCCCC(C)OC(OCCC)(C(=O)O)[P+](=O)O)c1ccccc1. The molecule has 8 heteroatoms. The molecule has 1 aromatic carbocycles. The second-order valence-electron chi connectivity index (χ2n) is 9.50. The molecule has 1 aromatic rings. The molecule has 2 N–H and O–H groups in total. The van der Waals surface area contributed by atoms with Crippen molar-refractivity contribution in [2.45, 2.75) is 115 Å². The van der Waals surface area contributed by atoms with Crippen LogP contribution in [0.1, 0.15) is 109 Å². The van der Waals surface area contributed by atoms with Crippen LogP contribution in [0.2, 0.25) is 0 Å². The van der Waals surface area contributed by atoms with Gasteiger partial charge in [-0.2, -0.15) is 16.7 Å². The lowest BCUT2D eigenvalue weighted by molar-refractivity contribution is -0.221. The van der Waals surface area contributed by atoms with Crippen molar-refractivity contribution < 1.29 is 28.8 Å². The van der Waals surface area contributed by atoms with Crippen LogP contribution in [0.15, 0.2) is 30.3 Å². The average molecular weight is 544 g/mol. The third-order valence-corrected chi connectivity index (χ3v) is 8.35. The van der Waals surface area contributed by atoms with Crippen LogP contribution in [-0.4, -0.2) is 45.7 Å². The van der Waals surface area contributed by atoms with E-state index in [0.717, 1.165) is 19.3 Å². The van der Waals surface area contributed by atoms with Crippen LogP contribution < -0.4 is 0 Å². The topological polar surface area (TPSA) is 93.1 Å². The number of benzene rings is 1. The van der Waals surface area contributed by atoms with Crippen LogP contribution in [0.25, 0.3) is 0 Å². The van der Waals surface area contributed by atoms with Crippen molar-refractivity contribution in [3.8, 4) is 0 Å². The van der Waals surface area contributed by atoms with Crippen LogP contribution >= 0.6 is 19.8 Å². The second-order valence-corrected chi connectivity index (χ2v) is 11.9. The Bertz CT molecular complexity index is 703. The monoisotopic (exact) mass is 543 g/mol. The minimum atomic E-state index is -3.18. The van der Waals surface area contributed by atoms with Gasteiger partial charge in [-0.05, 0) is 66.6 Å². The number of unbranched alkanes of at least 4 members (excludes halogenated alkanes) is 6. The quantitative estimate of drug-likeness (QED) is 0.0818. The zero-order valence-corrected chi connectivity index (χ0v) is 24.2. The highest BCUT2D eigenvalue weighted by Crippen LogP contribution is 2.40. The molecular weight excluding hydrogens is 495 g/mol. The third kappa shape index (κ3) is 13.0. The summed E-state index contributed by atoms with van der Waals surface area (Å²) in [5.41, 5.74) is -0.988. The lowest BCUT2D eigenvalue weighted by Crippen LogP contribution is -2.43. The van der Waals surface area contributed by atoms with E-state index in [1.54, 1.807) is 13.8 Å². The highest BCUT2D eigenvalue weighted by molar-refractivity contribution is 7.99. The smallest absolute Gasteiger partial charge is 0.474 e. The van der Waals surface area contributed by atoms with Gasteiger partial charge in [0.25, 0.3) is 0 Å². The maximum atomic E-state index is 11.7. The van der Waals surface area contributed by atoms with Crippen molar-refractivity contribution in [1.82, 2.24) is 0 Å². The summed E-state index contributed by atoms with van der Waals surface area (Å²) >= 11 is 2.08. The molecule has 0 saturated carbocycles. The van der Waals surface area contributed by atoms with Crippen LogP contribution in [-0.2, 0) is 18.8 Å². The first-order valence-electron chi connectivity index (χ1n) is 13.7. The highest BCUT2D eigenvalue weighted by atomic mass is 32.2. The fourth-order valence-electron chi connectivity index (χ4n) is 4.22. The van der Waals surface area contributed by atoms with Crippen LogP contribution in [0.3, 0.4) is 0 Å². The summed E-state index contributed by atoms with van der Waals surface area (Å²) in [7, 11) is -3.18. The van der Waals surface area contributed by atoms with Crippen molar-refractivity contribution in [3.05, 3.63) is 35.9 Å². The first-order valence-corrected chi connectivity index (χ1v) is 16.1. The average Bonchev–Trinajstić information content (AvgIpc) is 2.86. The molecule has 36 heavy (non-hydrogen) atoms. The molecule has 0 spiro atoms. The molecule has 0 aromatic heterocycles. The molecule has 0 amide bonds. The van der Waals surface area contributed by atoms with E-state index < -0.39 is 25.6 Å². The van der Waals surface area contributed by atoms with Gasteiger partial charge in [0.2, 0.25) is 0 Å². The van der Waals surface area contributed by atoms with Gasteiger partial charge in [0.15, 0.2) is 0 Å². The molecule has 206 valence electrons. The Kier molecular flexibility index (Phi) is 18.4. The molecule has 0 bridgehead atoms. The summed E-state index contributed by atoms with van der Waals surface area (Å²) in [6.07, 6.45) is 12.5. The van der Waals surface area contributed by atoms with Crippen molar-refractivity contribution >= 4 is 25.8 Å². The van der Waals surface area contributed by atoms with Crippen molar-refractivity contribution in [2.24, 2.45) is 0 Å². The van der Waals surface area contributed by atoms with E-state index in [0.29, 0.717) is 18.8 Å². The molecule has 1 rings (SSSR count). The number of carboxylic acid groups (broad SMARTS) is 1. The molecule has 0 aliphatic rings. The Morgan fingerprint density at radius 3 is 2.22 bits per heavy atom. The normalized spacial score (nSPS) is 15.3. The van der Waals surface area contributed by atoms with E-state index in [1.807, 2.05) is 0 Å². The molecule has 0 radical (unpaired) electrons. The van der Waals surface area contributed by atoms with E-state index in [4.69, 9.17) is 9.47 Å². The number of carboxylic acids is 1. The molecule has 0 heterocycles. The number of rotatable bonds is 23. The van der Waals surface area contributed by atoms with Crippen LogP contribution in [0.4, 0.5) is 0 Å². The summed E-state index contributed by atoms with van der Waals surface area (Å²) in [6, 6.07) is 10.9. The molecule has 6 nitrogen and oxygen atoms in total. The lowest BCUT2D eigenvalue weighted by atomic mass is 9.91. The number of ether oxygens (including phenoxy) is 2. The fraction of sp³-hybridized carbons (Fsp3) is 0.750. The van der Waals surface area contributed by atoms with E-state index in [1.165, 1.54) is 62.0 Å². The van der Waals surface area contributed by atoms with Gasteiger partial charge in [0.1, 0.15) is 0 Å². The van der Waals surface area contributed by atoms with Gasteiger partial charge in [-0.1, -0.05) is 89.1 Å². The minimum absolute atomic E-state index is 0.0470. The third-order valence-electron chi connectivity index (χ3n) is 6.32. The van der Waals surface area contributed by atoms with Gasteiger partial charge in [0, 0.05) is 0 Å². The van der Waals surface area contributed by atoms with Gasteiger partial charge in [-0.15, -0.1) is 0 Å². The lowest BCUT2D eigenvalue weighted by Gasteiger charge is -2.22. The first-order chi connectivity index (χ1) is 17.4. The standard InChI is InChI=1S/C28H47O6PS/c1-4-6-17-26(25-18-13-11-14-19-25)20-23-36-22-15-10-8-7-9-12-16-24(3)34-28(27(29)30,35(31)32)33-21-5-2/h11,13-14,18-19,24,26H,4-10,12,15-17,20-23H2,1-3H3,(H-,29,30,31,32)/p+1. The zero-order chi connectivity index (χ0) is 26.7.